The van der Waals surface area contributed by atoms with Gasteiger partial charge in [0.15, 0.2) is 5.78 Å². The van der Waals surface area contributed by atoms with Crippen molar-refractivity contribution in [1.82, 2.24) is 4.98 Å². The quantitative estimate of drug-likeness (QED) is 0.571. The third-order valence-corrected chi connectivity index (χ3v) is 4.57. The maximum Gasteiger partial charge on any atom is 0.199 e. The molecule has 3 rings (SSSR count). The minimum Gasteiger partial charge on any atom is -0.506 e. The van der Waals surface area contributed by atoms with Crippen molar-refractivity contribution in [2.75, 3.05) is 0 Å². The molecule has 104 valence electrons. The number of nitrogens with zero attached hydrogens (tertiary/aromatic N) is 1. The van der Waals surface area contributed by atoms with Crippen molar-refractivity contribution in [3.05, 3.63) is 63.1 Å². The van der Waals surface area contributed by atoms with Gasteiger partial charge in [-0.1, -0.05) is 30.3 Å². The summed E-state index contributed by atoms with van der Waals surface area (Å²) < 4.78 is 0. The van der Waals surface area contributed by atoms with Gasteiger partial charge in [0, 0.05) is 10.9 Å². The van der Waals surface area contributed by atoms with E-state index >= 15 is 0 Å². The fraction of sp³-hybridized carbons (Fsp3) is 0. The fourth-order valence-corrected chi connectivity index (χ4v) is 3.24. The highest BCUT2D eigenvalue weighted by atomic mass is 32.1. The molecular weight excluding hydrogens is 302 g/mol. The lowest BCUT2D eigenvalue weighted by atomic mass is 10.2. The third-order valence-electron chi connectivity index (χ3n) is 2.84. The first-order valence-corrected chi connectivity index (χ1v) is 8.00. The van der Waals surface area contributed by atoms with Crippen LogP contribution in [0.4, 0.5) is 0 Å². The van der Waals surface area contributed by atoms with Gasteiger partial charge in [-0.25, -0.2) is 4.98 Å². The first-order chi connectivity index (χ1) is 10.2. The summed E-state index contributed by atoms with van der Waals surface area (Å²) in [4.78, 5) is 16.7. The summed E-state index contributed by atoms with van der Waals surface area (Å²) in [5.41, 5.74) is 1.95. The first kappa shape index (κ1) is 13.7. The van der Waals surface area contributed by atoms with Gasteiger partial charge in [0.2, 0.25) is 0 Å². The van der Waals surface area contributed by atoms with Crippen LogP contribution in [-0.2, 0) is 0 Å². The molecule has 0 aliphatic heterocycles. The normalized spacial score (nSPS) is 11.0. The molecule has 0 atom stereocenters. The maximum absolute atomic E-state index is 11.9. The van der Waals surface area contributed by atoms with Gasteiger partial charge in [-0.05, 0) is 23.6 Å². The molecule has 0 unspecified atom stereocenters. The Kier molecular flexibility index (Phi) is 3.94. The molecule has 3 aromatic rings. The van der Waals surface area contributed by atoms with Gasteiger partial charge in [0.1, 0.15) is 15.6 Å². The highest BCUT2D eigenvalue weighted by Gasteiger charge is 2.09. The Morgan fingerprint density at radius 1 is 1.14 bits per heavy atom. The van der Waals surface area contributed by atoms with Crippen molar-refractivity contribution in [2.24, 2.45) is 0 Å². The zero-order valence-electron chi connectivity index (χ0n) is 10.9. The van der Waals surface area contributed by atoms with E-state index in [-0.39, 0.29) is 11.5 Å². The Labute approximate surface area is 129 Å². The third kappa shape index (κ3) is 3.09. The van der Waals surface area contributed by atoms with Crippen molar-refractivity contribution >= 4 is 34.5 Å². The number of benzene rings is 1. The molecule has 21 heavy (non-hydrogen) atoms. The van der Waals surface area contributed by atoms with Gasteiger partial charge in [-0.2, -0.15) is 0 Å². The molecule has 1 N–H and O–H groups in total. The van der Waals surface area contributed by atoms with Gasteiger partial charge in [-0.15, -0.1) is 22.7 Å². The topological polar surface area (TPSA) is 50.2 Å². The van der Waals surface area contributed by atoms with Crippen molar-refractivity contribution in [2.45, 2.75) is 0 Å². The first-order valence-electron chi connectivity index (χ1n) is 6.24. The van der Waals surface area contributed by atoms with E-state index in [1.165, 1.54) is 34.8 Å². The molecule has 1 aromatic carbocycles. The molecule has 0 fully saturated rings. The molecule has 2 aromatic heterocycles. The smallest absolute Gasteiger partial charge is 0.199 e. The second-order valence-corrected chi connectivity index (χ2v) is 6.08. The van der Waals surface area contributed by atoms with Crippen molar-refractivity contribution < 1.29 is 9.90 Å². The Hall–Kier alpha value is -2.24. The molecule has 0 aliphatic carbocycles. The summed E-state index contributed by atoms with van der Waals surface area (Å²) >= 11 is 2.71. The monoisotopic (exact) mass is 313 g/mol. The number of rotatable bonds is 4. The van der Waals surface area contributed by atoms with Crippen LogP contribution in [0.5, 0.6) is 5.75 Å². The predicted octanol–water partition coefficient (Wildman–Crippen LogP) is 4.47. The van der Waals surface area contributed by atoms with E-state index in [2.05, 4.69) is 4.98 Å². The van der Waals surface area contributed by atoms with Gasteiger partial charge in [-0.3, -0.25) is 4.79 Å². The molecule has 0 saturated carbocycles. The summed E-state index contributed by atoms with van der Waals surface area (Å²) in [5, 5.41) is 13.9. The number of thiazole rings is 1. The lowest BCUT2D eigenvalue weighted by molar-refractivity contribution is 0.104. The van der Waals surface area contributed by atoms with Gasteiger partial charge in [0.25, 0.3) is 0 Å². The molecule has 0 spiro atoms. The number of hydrogen-bond acceptors (Lipinski definition) is 5. The van der Waals surface area contributed by atoms with Crippen LogP contribution in [0.1, 0.15) is 14.7 Å². The van der Waals surface area contributed by atoms with Crippen molar-refractivity contribution in [3.63, 3.8) is 0 Å². The standard InChI is InChI=1S/C16H11NO2S2/c18-13(16-14(19)8-9-20-16)6-7-15-17-12(10-21-15)11-4-2-1-3-5-11/h1-10,19H/b7-6+. The van der Waals surface area contributed by atoms with E-state index in [1.54, 1.807) is 11.5 Å². The summed E-state index contributed by atoms with van der Waals surface area (Å²) in [5.74, 6) is -0.183. The van der Waals surface area contributed by atoms with Crippen LogP contribution in [0.3, 0.4) is 0 Å². The second kappa shape index (κ2) is 6.03. The highest BCUT2D eigenvalue weighted by molar-refractivity contribution is 7.12. The number of carbonyl (C=O) groups is 1. The molecule has 0 radical (unpaired) electrons. The maximum atomic E-state index is 11.9. The highest BCUT2D eigenvalue weighted by Crippen LogP contribution is 2.25. The van der Waals surface area contributed by atoms with Gasteiger partial charge < -0.3 is 5.11 Å². The van der Waals surface area contributed by atoms with E-state index in [4.69, 9.17) is 0 Å². The van der Waals surface area contributed by atoms with E-state index in [1.807, 2.05) is 35.7 Å². The van der Waals surface area contributed by atoms with Crippen LogP contribution in [0.15, 0.2) is 53.2 Å². The SMILES string of the molecule is O=C(/C=C/c1nc(-c2ccccc2)cs1)c1sccc1O. The van der Waals surface area contributed by atoms with E-state index in [0.717, 1.165) is 16.3 Å². The average Bonchev–Trinajstić information content (AvgIpc) is 3.15. The van der Waals surface area contributed by atoms with Crippen LogP contribution >= 0.6 is 22.7 Å². The number of hydrogen-bond donors (Lipinski definition) is 1. The average molecular weight is 313 g/mol. The summed E-state index contributed by atoms with van der Waals surface area (Å²) in [6, 6.07) is 11.4. The van der Waals surface area contributed by atoms with Crippen molar-refractivity contribution in [3.8, 4) is 17.0 Å². The van der Waals surface area contributed by atoms with Gasteiger partial charge in [0.05, 0.1) is 5.69 Å². The Morgan fingerprint density at radius 3 is 2.67 bits per heavy atom. The Morgan fingerprint density at radius 2 is 1.95 bits per heavy atom. The van der Waals surface area contributed by atoms with Gasteiger partial charge >= 0.3 is 0 Å². The van der Waals surface area contributed by atoms with Crippen LogP contribution in [0, 0.1) is 0 Å². The molecule has 5 heteroatoms. The number of thiophene rings is 1. The predicted molar refractivity (Wildman–Crippen MR) is 86.9 cm³/mol. The molecule has 0 aliphatic rings. The Balaban J connectivity index is 1.77. The second-order valence-electron chi connectivity index (χ2n) is 4.27. The van der Waals surface area contributed by atoms with Crippen LogP contribution in [0.25, 0.3) is 17.3 Å². The minimum atomic E-state index is -0.209. The summed E-state index contributed by atoms with van der Waals surface area (Å²) in [7, 11) is 0. The number of ketones is 1. The number of aromatic nitrogens is 1. The van der Waals surface area contributed by atoms with E-state index in [0.29, 0.717) is 4.88 Å². The lowest BCUT2D eigenvalue weighted by Crippen LogP contribution is -1.89. The summed E-state index contributed by atoms with van der Waals surface area (Å²) in [6.45, 7) is 0. The van der Waals surface area contributed by atoms with Crippen molar-refractivity contribution in [1.29, 1.82) is 0 Å². The van der Waals surface area contributed by atoms with Crippen LogP contribution in [-0.4, -0.2) is 15.9 Å². The number of aromatic hydroxyl groups is 1. The molecule has 0 bridgehead atoms. The molecule has 0 amide bonds. The van der Waals surface area contributed by atoms with E-state index in [9.17, 15) is 9.90 Å². The van der Waals surface area contributed by atoms with Crippen LogP contribution < -0.4 is 0 Å². The largest absolute Gasteiger partial charge is 0.506 e. The van der Waals surface area contributed by atoms with Crippen LogP contribution in [0.2, 0.25) is 0 Å². The van der Waals surface area contributed by atoms with E-state index < -0.39 is 0 Å². The zero-order chi connectivity index (χ0) is 14.7. The Bertz CT molecular complexity index is 787. The number of carbonyl (C=O) groups excluding carboxylic acids is 1. The molecular formula is C16H11NO2S2. The molecule has 0 saturated heterocycles. The zero-order valence-corrected chi connectivity index (χ0v) is 12.5. The molecule has 3 nitrogen and oxygen atoms in total. The molecule has 2 heterocycles. The fourth-order valence-electron chi connectivity index (χ4n) is 1.82. The lowest BCUT2D eigenvalue weighted by Gasteiger charge is -1.93. The minimum absolute atomic E-state index is 0.0266. The number of allylic oxidation sites excluding steroid dienone is 1. The summed E-state index contributed by atoms with van der Waals surface area (Å²) in [6.07, 6.45) is 3.12.